The van der Waals surface area contributed by atoms with Gasteiger partial charge >= 0.3 is 0 Å². The van der Waals surface area contributed by atoms with Crippen LogP contribution in [0.15, 0.2) is 12.7 Å². The molecule has 0 saturated heterocycles. The summed E-state index contributed by atoms with van der Waals surface area (Å²) >= 11 is 0. The molecule has 0 spiro atoms. The summed E-state index contributed by atoms with van der Waals surface area (Å²) in [5.41, 5.74) is 0.337. The van der Waals surface area contributed by atoms with E-state index in [1.54, 1.807) is 0 Å². The number of hydrogen-bond acceptors (Lipinski definition) is 1. The van der Waals surface area contributed by atoms with Crippen LogP contribution in [0.3, 0.4) is 0 Å². The standard InChI is InChI=1S/C9H14O/c1-2-9-4-3-7(5-9)8(10)6-9/h2,7-8,10H,1,3-6H2. The number of fused-ring (bicyclic) bond motifs is 2. The molecule has 56 valence electrons. The van der Waals surface area contributed by atoms with Crippen molar-refractivity contribution in [2.45, 2.75) is 31.8 Å². The lowest BCUT2D eigenvalue weighted by atomic mass is 9.84. The summed E-state index contributed by atoms with van der Waals surface area (Å²) in [6, 6.07) is 0. The van der Waals surface area contributed by atoms with E-state index in [0.717, 1.165) is 6.42 Å². The maximum atomic E-state index is 9.47. The Bertz CT molecular complexity index is 160. The van der Waals surface area contributed by atoms with Gasteiger partial charge < -0.3 is 5.11 Å². The molecule has 0 radical (unpaired) electrons. The van der Waals surface area contributed by atoms with Crippen LogP contribution in [0.2, 0.25) is 0 Å². The fourth-order valence-electron chi connectivity index (χ4n) is 2.56. The van der Waals surface area contributed by atoms with Crippen LogP contribution in [0.25, 0.3) is 0 Å². The molecular weight excluding hydrogens is 124 g/mol. The van der Waals surface area contributed by atoms with E-state index in [1.807, 2.05) is 0 Å². The summed E-state index contributed by atoms with van der Waals surface area (Å²) in [7, 11) is 0. The summed E-state index contributed by atoms with van der Waals surface area (Å²) in [6.45, 7) is 3.84. The van der Waals surface area contributed by atoms with Gasteiger partial charge in [-0.05, 0) is 37.0 Å². The predicted octanol–water partition coefficient (Wildman–Crippen LogP) is 1.72. The van der Waals surface area contributed by atoms with Gasteiger partial charge in [-0.3, -0.25) is 0 Å². The van der Waals surface area contributed by atoms with Crippen LogP contribution in [0.1, 0.15) is 25.7 Å². The van der Waals surface area contributed by atoms with Crippen LogP contribution < -0.4 is 0 Å². The van der Waals surface area contributed by atoms with E-state index in [9.17, 15) is 5.11 Å². The van der Waals surface area contributed by atoms with Gasteiger partial charge in [-0.15, -0.1) is 6.58 Å². The van der Waals surface area contributed by atoms with Crippen molar-refractivity contribution in [3.05, 3.63) is 12.7 Å². The van der Waals surface area contributed by atoms with Gasteiger partial charge in [0.1, 0.15) is 0 Å². The van der Waals surface area contributed by atoms with Gasteiger partial charge in [-0.1, -0.05) is 6.08 Å². The number of aliphatic hydroxyl groups excluding tert-OH is 1. The number of rotatable bonds is 1. The van der Waals surface area contributed by atoms with Crippen molar-refractivity contribution >= 4 is 0 Å². The molecule has 1 N–H and O–H groups in total. The average molecular weight is 138 g/mol. The van der Waals surface area contributed by atoms with Gasteiger partial charge in [-0.25, -0.2) is 0 Å². The molecule has 0 heterocycles. The smallest absolute Gasteiger partial charge is 0.0577 e. The van der Waals surface area contributed by atoms with Crippen LogP contribution in [-0.4, -0.2) is 11.2 Å². The molecule has 2 saturated carbocycles. The zero-order chi connectivity index (χ0) is 7.19. The van der Waals surface area contributed by atoms with Gasteiger partial charge in [0.05, 0.1) is 6.10 Å². The van der Waals surface area contributed by atoms with Gasteiger partial charge in [0, 0.05) is 0 Å². The molecule has 2 aliphatic carbocycles. The molecule has 0 aromatic heterocycles. The third kappa shape index (κ3) is 0.671. The Morgan fingerprint density at radius 3 is 2.60 bits per heavy atom. The third-order valence-electron chi connectivity index (χ3n) is 3.27. The first kappa shape index (κ1) is 6.41. The summed E-state index contributed by atoms with van der Waals surface area (Å²) < 4.78 is 0. The lowest BCUT2D eigenvalue weighted by Gasteiger charge is -2.23. The van der Waals surface area contributed by atoms with Crippen molar-refractivity contribution in [2.24, 2.45) is 11.3 Å². The molecule has 2 rings (SSSR count). The highest BCUT2D eigenvalue weighted by molar-refractivity contribution is 5.08. The van der Waals surface area contributed by atoms with Crippen molar-refractivity contribution in [3.8, 4) is 0 Å². The van der Waals surface area contributed by atoms with Crippen LogP contribution in [0.4, 0.5) is 0 Å². The van der Waals surface area contributed by atoms with E-state index < -0.39 is 0 Å². The summed E-state index contributed by atoms with van der Waals surface area (Å²) in [6.07, 6.45) is 6.68. The number of allylic oxidation sites excluding steroid dienone is 1. The van der Waals surface area contributed by atoms with Crippen molar-refractivity contribution in [1.82, 2.24) is 0 Å². The Balaban J connectivity index is 2.21. The van der Waals surface area contributed by atoms with Crippen LogP contribution >= 0.6 is 0 Å². The highest BCUT2D eigenvalue weighted by Gasteiger charge is 2.47. The monoisotopic (exact) mass is 138 g/mol. The second-order valence-corrected chi connectivity index (χ2v) is 3.84. The molecule has 10 heavy (non-hydrogen) atoms. The Hall–Kier alpha value is -0.300. The van der Waals surface area contributed by atoms with Gasteiger partial charge in [0.25, 0.3) is 0 Å². The van der Waals surface area contributed by atoms with Crippen LogP contribution in [0, 0.1) is 11.3 Å². The largest absolute Gasteiger partial charge is 0.393 e. The normalized spacial score (nSPS) is 51.7. The summed E-state index contributed by atoms with van der Waals surface area (Å²) in [5, 5.41) is 9.47. The lowest BCUT2D eigenvalue weighted by Crippen LogP contribution is -2.19. The fourth-order valence-corrected chi connectivity index (χ4v) is 2.56. The minimum absolute atomic E-state index is 0.0215. The van der Waals surface area contributed by atoms with E-state index in [1.165, 1.54) is 19.3 Å². The molecule has 1 heteroatoms. The van der Waals surface area contributed by atoms with Gasteiger partial charge in [-0.2, -0.15) is 0 Å². The molecule has 2 fully saturated rings. The molecule has 2 aliphatic rings. The fraction of sp³-hybridized carbons (Fsp3) is 0.778. The molecule has 0 aromatic carbocycles. The van der Waals surface area contributed by atoms with Crippen molar-refractivity contribution in [2.75, 3.05) is 0 Å². The Labute approximate surface area is 61.8 Å². The highest BCUT2D eigenvalue weighted by Crippen LogP contribution is 2.54. The maximum Gasteiger partial charge on any atom is 0.0577 e. The predicted molar refractivity (Wildman–Crippen MR) is 40.6 cm³/mol. The summed E-state index contributed by atoms with van der Waals surface area (Å²) in [4.78, 5) is 0. The molecule has 0 amide bonds. The second-order valence-electron chi connectivity index (χ2n) is 3.84. The number of hydrogen-bond donors (Lipinski definition) is 1. The molecular formula is C9H14O. The Morgan fingerprint density at radius 1 is 1.50 bits per heavy atom. The third-order valence-corrected chi connectivity index (χ3v) is 3.27. The number of aliphatic hydroxyl groups is 1. The quantitative estimate of drug-likeness (QED) is 0.547. The molecule has 2 bridgehead atoms. The zero-order valence-electron chi connectivity index (χ0n) is 6.21. The van der Waals surface area contributed by atoms with Gasteiger partial charge in [0.15, 0.2) is 0 Å². The maximum absolute atomic E-state index is 9.47. The van der Waals surface area contributed by atoms with Crippen molar-refractivity contribution in [3.63, 3.8) is 0 Å². The Morgan fingerprint density at radius 2 is 2.30 bits per heavy atom. The summed E-state index contributed by atoms with van der Waals surface area (Å²) in [5.74, 6) is 0.595. The molecule has 1 nitrogen and oxygen atoms in total. The minimum atomic E-state index is -0.0215. The van der Waals surface area contributed by atoms with E-state index >= 15 is 0 Å². The SMILES string of the molecule is C=CC12CCC(C1)C(O)C2. The van der Waals surface area contributed by atoms with Crippen molar-refractivity contribution < 1.29 is 5.11 Å². The van der Waals surface area contributed by atoms with Crippen LogP contribution in [0.5, 0.6) is 0 Å². The van der Waals surface area contributed by atoms with Gasteiger partial charge in [0.2, 0.25) is 0 Å². The zero-order valence-corrected chi connectivity index (χ0v) is 6.21. The van der Waals surface area contributed by atoms with E-state index in [2.05, 4.69) is 12.7 Å². The minimum Gasteiger partial charge on any atom is -0.393 e. The topological polar surface area (TPSA) is 20.2 Å². The first-order valence-electron chi connectivity index (χ1n) is 4.07. The molecule has 3 atom stereocenters. The van der Waals surface area contributed by atoms with Crippen molar-refractivity contribution in [1.29, 1.82) is 0 Å². The lowest BCUT2D eigenvalue weighted by molar-refractivity contribution is 0.105. The van der Waals surface area contributed by atoms with E-state index in [0.29, 0.717) is 11.3 Å². The van der Waals surface area contributed by atoms with Crippen LogP contribution in [-0.2, 0) is 0 Å². The molecule has 0 aromatic rings. The van der Waals surface area contributed by atoms with E-state index in [-0.39, 0.29) is 6.10 Å². The Kier molecular flexibility index (Phi) is 1.19. The molecule has 0 aliphatic heterocycles. The first-order chi connectivity index (χ1) is 4.76. The molecule has 3 unspecified atom stereocenters. The van der Waals surface area contributed by atoms with E-state index in [4.69, 9.17) is 0 Å². The second kappa shape index (κ2) is 1.85. The highest BCUT2D eigenvalue weighted by atomic mass is 16.3. The average Bonchev–Trinajstić information content (AvgIpc) is 2.45. The first-order valence-corrected chi connectivity index (χ1v) is 4.07.